The molecule has 0 saturated heterocycles. The Hall–Kier alpha value is -1.86. The van der Waals surface area contributed by atoms with E-state index in [-0.39, 0.29) is 5.91 Å². The third kappa shape index (κ3) is 4.66. The van der Waals surface area contributed by atoms with E-state index in [9.17, 15) is 4.79 Å². The van der Waals surface area contributed by atoms with Gasteiger partial charge in [0.2, 0.25) is 5.91 Å². The van der Waals surface area contributed by atoms with E-state index in [2.05, 4.69) is 12.2 Å². The first-order chi connectivity index (χ1) is 8.15. The van der Waals surface area contributed by atoms with E-state index in [1.54, 1.807) is 24.3 Å². The predicted octanol–water partition coefficient (Wildman–Crippen LogP) is 1.84. The van der Waals surface area contributed by atoms with Crippen LogP contribution in [0.2, 0.25) is 0 Å². The first-order valence-electron chi connectivity index (χ1n) is 5.64. The molecule has 0 bridgehead atoms. The number of hydrogen-bond acceptors (Lipinski definition) is 3. The van der Waals surface area contributed by atoms with E-state index in [0.29, 0.717) is 17.8 Å². The molecular formula is C13H17N3O. The molecule has 1 amide bonds. The van der Waals surface area contributed by atoms with Crippen LogP contribution in [0.1, 0.15) is 18.9 Å². The summed E-state index contributed by atoms with van der Waals surface area (Å²) in [5, 5.41) is 11.5. The Morgan fingerprint density at radius 3 is 2.94 bits per heavy atom. The molecule has 1 aromatic carbocycles. The van der Waals surface area contributed by atoms with E-state index in [1.807, 2.05) is 18.0 Å². The summed E-state index contributed by atoms with van der Waals surface area (Å²) in [6.45, 7) is 3.33. The van der Waals surface area contributed by atoms with Crippen LogP contribution in [-0.2, 0) is 4.79 Å². The van der Waals surface area contributed by atoms with Crippen molar-refractivity contribution in [2.75, 3.05) is 25.5 Å². The second kappa shape index (κ2) is 6.66. The van der Waals surface area contributed by atoms with Gasteiger partial charge in [0.05, 0.1) is 18.2 Å². The Kier molecular flexibility index (Phi) is 5.18. The maximum absolute atomic E-state index is 11.7. The minimum atomic E-state index is -0.0592. The number of nitrogens with one attached hydrogen (secondary N) is 1. The van der Waals surface area contributed by atoms with Crippen LogP contribution >= 0.6 is 0 Å². The van der Waals surface area contributed by atoms with Crippen molar-refractivity contribution < 1.29 is 4.79 Å². The average molecular weight is 231 g/mol. The first-order valence-corrected chi connectivity index (χ1v) is 5.64. The summed E-state index contributed by atoms with van der Waals surface area (Å²) in [5.41, 5.74) is 1.21. The molecule has 4 heteroatoms. The van der Waals surface area contributed by atoms with Crippen molar-refractivity contribution >= 4 is 11.6 Å². The van der Waals surface area contributed by atoms with Crippen LogP contribution in [0.25, 0.3) is 0 Å². The summed E-state index contributed by atoms with van der Waals surface area (Å²) in [6, 6.07) is 8.94. The molecule has 0 aliphatic heterocycles. The zero-order valence-electron chi connectivity index (χ0n) is 10.2. The SMILES string of the molecule is CCCN(C)CC(=O)Nc1cccc(C#N)c1. The Morgan fingerprint density at radius 1 is 1.53 bits per heavy atom. The standard InChI is InChI=1S/C13H17N3O/c1-3-7-16(2)10-13(17)15-12-6-4-5-11(8-12)9-14/h4-6,8H,3,7,10H2,1-2H3,(H,15,17). The Labute approximate surface area is 102 Å². The summed E-state index contributed by atoms with van der Waals surface area (Å²) in [6.07, 6.45) is 1.02. The highest BCUT2D eigenvalue weighted by atomic mass is 16.2. The van der Waals surface area contributed by atoms with Crippen molar-refractivity contribution in [2.45, 2.75) is 13.3 Å². The van der Waals surface area contributed by atoms with Gasteiger partial charge in [-0.1, -0.05) is 13.0 Å². The topological polar surface area (TPSA) is 56.1 Å². The van der Waals surface area contributed by atoms with Gasteiger partial charge in [0, 0.05) is 5.69 Å². The number of benzene rings is 1. The molecule has 0 saturated carbocycles. The van der Waals surface area contributed by atoms with Gasteiger partial charge in [-0.05, 0) is 38.2 Å². The van der Waals surface area contributed by atoms with Crippen molar-refractivity contribution in [1.82, 2.24) is 4.90 Å². The van der Waals surface area contributed by atoms with Crippen molar-refractivity contribution in [3.63, 3.8) is 0 Å². The molecule has 1 rings (SSSR count). The quantitative estimate of drug-likeness (QED) is 0.841. The van der Waals surface area contributed by atoms with E-state index < -0.39 is 0 Å². The molecule has 0 aliphatic rings. The van der Waals surface area contributed by atoms with E-state index in [4.69, 9.17) is 5.26 Å². The lowest BCUT2D eigenvalue weighted by molar-refractivity contribution is -0.117. The Balaban J connectivity index is 2.53. The number of amides is 1. The molecule has 0 aliphatic carbocycles. The van der Waals surface area contributed by atoms with E-state index in [1.165, 1.54) is 0 Å². The largest absolute Gasteiger partial charge is 0.325 e. The molecule has 0 atom stereocenters. The molecule has 0 heterocycles. The van der Waals surface area contributed by atoms with Crippen LogP contribution in [0.15, 0.2) is 24.3 Å². The highest BCUT2D eigenvalue weighted by molar-refractivity contribution is 5.92. The maximum atomic E-state index is 11.7. The van der Waals surface area contributed by atoms with Crippen LogP contribution in [0, 0.1) is 11.3 Å². The molecule has 1 aromatic rings. The van der Waals surface area contributed by atoms with Gasteiger partial charge in [-0.25, -0.2) is 0 Å². The van der Waals surface area contributed by atoms with Crippen LogP contribution < -0.4 is 5.32 Å². The maximum Gasteiger partial charge on any atom is 0.238 e. The first kappa shape index (κ1) is 13.2. The Morgan fingerprint density at radius 2 is 2.29 bits per heavy atom. The molecule has 4 nitrogen and oxygen atoms in total. The number of likely N-dealkylation sites (N-methyl/N-ethyl adjacent to an activating group) is 1. The highest BCUT2D eigenvalue weighted by Crippen LogP contribution is 2.09. The number of hydrogen-bond donors (Lipinski definition) is 1. The lowest BCUT2D eigenvalue weighted by atomic mass is 10.2. The van der Waals surface area contributed by atoms with Gasteiger partial charge in [0.1, 0.15) is 0 Å². The highest BCUT2D eigenvalue weighted by Gasteiger charge is 2.06. The molecule has 90 valence electrons. The second-order valence-corrected chi connectivity index (χ2v) is 3.98. The van der Waals surface area contributed by atoms with Crippen LogP contribution in [0.3, 0.4) is 0 Å². The monoisotopic (exact) mass is 231 g/mol. The van der Waals surface area contributed by atoms with Gasteiger partial charge < -0.3 is 5.32 Å². The smallest absolute Gasteiger partial charge is 0.238 e. The molecule has 17 heavy (non-hydrogen) atoms. The molecular weight excluding hydrogens is 214 g/mol. The number of anilines is 1. The molecule has 0 aromatic heterocycles. The second-order valence-electron chi connectivity index (χ2n) is 3.98. The fourth-order valence-electron chi connectivity index (χ4n) is 1.57. The van der Waals surface area contributed by atoms with Crippen molar-refractivity contribution in [3.05, 3.63) is 29.8 Å². The summed E-state index contributed by atoms with van der Waals surface area (Å²) >= 11 is 0. The lowest BCUT2D eigenvalue weighted by Gasteiger charge is -2.14. The summed E-state index contributed by atoms with van der Waals surface area (Å²) in [5.74, 6) is -0.0592. The number of carbonyl (C=O) groups excluding carboxylic acids is 1. The fraction of sp³-hybridized carbons (Fsp3) is 0.385. The van der Waals surface area contributed by atoms with Gasteiger partial charge in [0.25, 0.3) is 0 Å². The molecule has 0 radical (unpaired) electrons. The van der Waals surface area contributed by atoms with Crippen LogP contribution in [0.4, 0.5) is 5.69 Å². The number of rotatable bonds is 5. The summed E-state index contributed by atoms with van der Waals surface area (Å²) in [7, 11) is 1.91. The van der Waals surface area contributed by atoms with Crippen molar-refractivity contribution in [2.24, 2.45) is 0 Å². The molecule has 1 N–H and O–H groups in total. The predicted molar refractivity (Wildman–Crippen MR) is 67.6 cm³/mol. The number of nitrogens with zero attached hydrogens (tertiary/aromatic N) is 2. The molecule has 0 fully saturated rings. The normalized spacial score (nSPS) is 10.0. The third-order valence-electron chi connectivity index (χ3n) is 2.29. The van der Waals surface area contributed by atoms with Gasteiger partial charge in [0.15, 0.2) is 0 Å². The average Bonchev–Trinajstić information content (AvgIpc) is 2.29. The zero-order valence-corrected chi connectivity index (χ0v) is 10.2. The van der Waals surface area contributed by atoms with Gasteiger partial charge in [-0.15, -0.1) is 0 Å². The fourth-order valence-corrected chi connectivity index (χ4v) is 1.57. The van der Waals surface area contributed by atoms with Crippen molar-refractivity contribution in [3.8, 4) is 6.07 Å². The summed E-state index contributed by atoms with van der Waals surface area (Å²) < 4.78 is 0. The number of carbonyl (C=O) groups is 1. The summed E-state index contributed by atoms with van der Waals surface area (Å²) in [4.78, 5) is 13.6. The van der Waals surface area contributed by atoms with Gasteiger partial charge >= 0.3 is 0 Å². The Bertz CT molecular complexity index is 423. The lowest BCUT2D eigenvalue weighted by Crippen LogP contribution is -2.30. The van der Waals surface area contributed by atoms with Crippen LogP contribution in [-0.4, -0.2) is 30.9 Å². The van der Waals surface area contributed by atoms with Gasteiger partial charge in [-0.2, -0.15) is 5.26 Å². The molecule has 0 spiro atoms. The van der Waals surface area contributed by atoms with Crippen LogP contribution in [0.5, 0.6) is 0 Å². The van der Waals surface area contributed by atoms with Crippen molar-refractivity contribution in [1.29, 1.82) is 5.26 Å². The van der Waals surface area contributed by atoms with E-state index >= 15 is 0 Å². The minimum absolute atomic E-state index is 0.0592. The van der Waals surface area contributed by atoms with E-state index in [0.717, 1.165) is 13.0 Å². The minimum Gasteiger partial charge on any atom is -0.325 e. The zero-order chi connectivity index (χ0) is 12.7. The molecule has 0 unspecified atom stereocenters. The van der Waals surface area contributed by atoms with Gasteiger partial charge in [-0.3, -0.25) is 9.69 Å². The number of nitriles is 1. The third-order valence-corrected chi connectivity index (χ3v) is 2.29.